The third-order valence-corrected chi connectivity index (χ3v) is 5.29. The number of nitrogens with zero attached hydrogens (tertiary/aromatic N) is 1. The summed E-state index contributed by atoms with van der Waals surface area (Å²) in [5, 5.41) is 6.10. The van der Waals surface area contributed by atoms with Gasteiger partial charge in [0, 0.05) is 11.4 Å². The molecule has 1 aliphatic rings. The Labute approximate surface area is 161 Å². The van der Waals surface area contributed by atoms with E-state index in [2.05, 4.69) is 21.7 Å². The van der Waals surface area contributed by atoms with Crippen LogP contribution in [-0.4, -0.2) is 16.8 Å². The van der Waals surface area contributed by atoms with Crippen molar-refractivity contribution in [3.05, 3.63) is 70.3 Å². The fourth-order valence-electron chi connectivity index (χ4n) is 2.72. The summed E-state index contributed by atoms with van der Waals surface area (Å²) in [6.45, 7) is 2.26. The van der Waals surface area contributed by atoms with Gasteiger partial charge in [-0.3, -0.25) is 0 Å². The summed E-state index contributed by atoms with van der Waals surface area (Å²) in [7, 11) is 0. The number of thiocarbonyl (C=S) groups is 1. The van der Waals surface area contributed by atoms with Gasteiger partial charge in [0.1, 0.15) is 5.76 Å². The number of nitrogens with one attached hydrogen (secondary N) is 1. The molecule has 0 bridgehead atoms. The number of benzene rings is 1. The average molecular weight is 386 g/mol. The molecule has 0 fully saturated rings. The van der Waals surface area contributed by atoms with Crippen LogP contribution in [0.2, 0.25) is 0 Å². The number of hydrogen-bond donors (Lipinski definition) is 1. The Hall–Kier alpha value is -2.51. The fourth-order valence-corrected chi connectivity index (χ4v) is 3.64. The highest BCUT2D eigenvalue weighted by Gasteiger charge is 2.15. The van der Waals surface area contributed by atoms with Gasteiger partial charge in [-0.05, 0) is 53.5 Å². The van der Waals surface area contributed by atoms with Crippen LogP contribution in [0.15, 0.2) is 58.5 Å². The second-order valence-electron chi connectivity index (χ2n) is 5.86. The van der Waals surface area contributed by atoms with Crippen molar-refractivity contribution < 1.29 is 13.9 Å². The summed E-state index contributed by atoms with van der Waals surface area (Å²) in [5.41, 5.74) is 1.09. The van der Waals surface area contributed by atoms with Crippen molar-refractivity contribution in [1.82, 2.24) is 10.2 Å². The largest absolute Gasteiger partial charge is 0.467 e. The average Bonchev–Trinajstić information content (AvgIpc) is 3.40. The summed E-state index contributed by atoms with van der Waals surface area (Å²) in [6, 6.07) is 13.9. The Kier molecular flexibility index (Phi) is 5.08. The number of hydrogen-bond acceptors (Lipinski definition) is 5. The lowest BCUT2D eigenvalue weighted by Crippen LogP contribution is -2.38. The van der Waals surface area contributed by atoms with Crippen LogP contribution in [0.5, 0.6) is 11.5 Å². The molecule has 1 aromatic carbocycles. The van der Waals surface area contributed by atoms with Crippen LogP contribution in [0.4, 0.5) is 0 Å². The predicted molar refractivity (Wildman–Crippen MR) is 104 cm³/mol. The highest BCUT2D eigenvalue weighted by atomic mass is 32.1. The highest BCUT2D eigenvalue weighted by Crippen LogP contribution is 2.32. The Bertz CT molecular complexity index is 827. The molecule has 3 heterocycles. The van der Waals surface area contributed by atoms with Crippen LogP contribution in [0.25, 0.3) is 0 Å². The lowest BCUT2D eigenvalue weighted by atomic mass is 10.2. The molecule has 0 spiro atoms. The summed E-state index contributed by atoms with van der Waals surface area (Å²) in [4.78, 5) is 3.36. The van der Waals surface area contributed by atoms with E-state index in [9.17, 15) is 0 Å². The summed E-state index contributed by atoms with van der Waals surface area (Å²) < 4.78 is 16.3. The van der Waals surface area contributed by atoms with Crippen molar-refractivity contribution in [3.63, 3.8) is 0 Å². The molecule has 2 aromatic heterocycles. The van der Waals surface area contributed by atoms with E-state index in [1.165, 1.54) is 4.88 Å². The molecular weight excluding hydrogens is 368 g/mol. The lowest BCUT2D eigenvalue weighted by Gasteiger charge is -2.24. The summed E-state index contributed by atoms with van der Waals surface area (Å²) >= 11 is 7.36. The van der Waals surface area contributed by atoms with Crippen LogP contribution in [0, 0.1) is 0 Å². The molecule has 0 atom stereocenters. The van der Waals surface area contributed by atoms with E-state index >= 15 is 0 Å². The number of fused-ring (bicyclic) bond motifs is 1. The van der Waals surface area contributed by atoms with E-state index in [1.54, 1.807) is 17.6 Å². The van der Waals surface area contributed by atoms with Gasteiger partial charge in [-0.2, -0.15) is 0 Å². The standard InChI is InChI=1S/C19H18N2O3S2/c25-19(20-10-14-5-6-17-18(9-14)24-13-23-17)21(11-15-3-1-7-22-15)12-16-4-2-8-26-16/h1-9H,10-13H2,(H,20,25). The van der Waals surface area contributed by atoms with E-state index in [1.807, 2.05) is 36.4 Å². The van der Waals surface area contributed by atoms with Gasteiger partial charge >= 0.3 is 0 Å². The van der Waals surface area contributed by atoms with Crippen LogP contribution in [-0.2, 0) is 19.6 Å². The van der Waals surface area contributed by atoms with Crippen molar-refractivity contribution in [2.45, 2.75) is 19.6 Å². The van der Waals surface area contributed by atoms with E-state index in [-0.39, 0.29) is 6.79 Å². The maximum Gasteiger partial charge on any atom is 0.231 e. The van der Waals surface area contributed by atoms with Gasteiger partial charge in [0.2, 0.25) is 6.79 Å². The zero-order valence-corrected chi connectivity index (χ0v) is 15.6. The molecule has 0 amide bonds. The Balaban J connectivity index is 1.41. The van der Waals surface area contributed by atoms with Crippen molar-refractivity contribution in [1.29, 1.82) is 0 Å². The van der Waals surface area contributed by atoms with E-state index < -0.39 is 0 Å². The van der Waals surface area contributed by atoms with Crippen molar-refractivity contribution in [2.75, 3.05) is 6.79 Å². The second-order valence-corrected chi connectivity index (χ2v) is 7.28. The van der Waals surface area contributed by atoms with Crippen molar-refractivity contribution in [3.8, 4) is 11.5 Å². The van der Waals surface area contributed by atoms with Crippen molar-refractivity contribution in [2.24, 2.45) is 0 Å². The summed E-state index contributed by atoms with van der Waals surface area (Å²) in [6.07, 6.45) is 1.68. The molecule has 4 rings (SSSR count). The van der Waals surface area contributed by atoms with Gasteiger partial charge in [0.25, 0.3) is 0 Å². The normalized spacial score (nSPS) is 12.2. The molecule has 7 heteroatoms. The molecule has 0 aliphatic carbocycles. The first-order chi connectivity index (χ1) is 12.8. The lowest BCUT2D eigenvalue weighted by molar-refractivity contribution is 0.174. The number of thiophene rings is 1. The molecule has 0 unspecified atom stereocenters. The first-order valence-electron chi connectivity index (χ1n) is 8.24. The Morgan fingerprint density at radius 1 is 1.12 bits per heavy atom. The van der Waals surface area contributed by atoms with E-state index in [0.29, 0.717) is 18.2 Å². The minimum atomic E-state index is 0.280. The monoisotopic (exact) mass is 386 g/mol. The molecule has 0 saturated carbocycles. The minimum absolute atomic E-state index is 0.280. The third-order valence-electron chi connectivity index (χ3n) is 4.02. The van der Waals surface area contributed by atoms with Gasteiger partial charge in [0.05, 0.1) is 19.4 Å². The van der Waals surface area contributed by atoms with Crippen LogP contribution < -0.4 is 14.8 Å². The number of furan rings is 1. The molecule has 0 radical (unpaired) electrons. The SMILES string of the molecule is S=C(NCc1ccc2c(c1)OCO2)N(Cc1ccco1)Cc1cccs1. The van der Waals surface area contributed by atoms with Gasteiger partial charge in [-0.1, -0.05) is 12.1 Å². The molecule has 1 N–H and O–H groups in total. The topological polar surface area (TPSA) is 46.9 Å². The maximum atomic E-state index is 5.64. The maximum absolute atomic E-state index is 5.64. The highest BCUT2D eigenvalue weighted by molar-refractivity contribution is 7.80. The molecule has 0 saturated heterocycles. The second kappa shape index (κ2) is 7.80. The Morgan fingerprint density at radius 2 is 2.04 bits per heavy atom. The van der Waals surface area contributed by atoms with Gasteiger partial charge in [-0.15, -0.1) is 11.3 Å². The first kappa shape index (κ1) is 16.9. The zero-order chi connectivity index (χ0) is 17.8. The molecule has 3 aromatic rings. The molecule has 5 nitrogen and oxygen atoms in total. The Morgan fingerprint density at radius 3 is 2.85 bits per heavy atom. The van der Waals surface area contributed by atoms with Crippen LogP contribution >= 0.6 is 23.6 Å². The zero-order valence-electron chi connectivity index (χ0n) is 14.0. The fraction of sp³-hybridized carbons (Fsp3) is 0.211. The van der Waals surface area contributed by atoms with Crippen molar-refractivity contribution >= 4 is 28.7 Å². The smallest absolute Gasteiger partial charge is 0.231 e. The van der Waals surface area contributed by atoms with E-state index in [0.717, 1.165) is 29.4 Å². The predicted octanol–water partition coefficient (Wildman–Crippen LogP) is 4.15. The van der Waals surface area contributed by atoms with Gasteiger partial charge < -0.3 is 24.1 Å². The summed E-state index contributed by atoms with van der Waals surface area (Å²) in [5.74, 6) is 2.45. The molecule has 134 valence electrons. The van der Waals surface area contributed by atoms with E-state index in [4.69, 9.17) is 26.1 Å². The number of ether oxygens (including phenoxy) is 2. The minimum Gasteiger partial charge on any atom is -0.467 e. The van der Waals surface area contributed by atoms with Crippen LogP contribution in [0.1, 0.15) is 16.2 Å². The molecule has 26 heavy (non-hydrogen) atoms. The molecule has 1 aliphatic heterocycles. The quantitative estimate of drug-likeness (QED) is 0.643. The molecular formula is C19H18N2O3S2. The van der Waals surface area contributed by atoms with Crippen LogP contribution in [0.3, 0.4) is 0 Å². The van der Waals surface area contributed by atoms with Gasteiger partial charge in [0.15, 0.2) is 16.6 Å². The van der Waals surface area contributed by atoms with Gasteiger partial charge in [-0.25, -0.2) is 0 Å². The number of rotatable bonds is 6. The third kappa shape index (κ3) is 4.00. The first-order valence-corrected chi connectivity index (χ1v) is 9.53.